The maximum absolute atomic E-state index is 12.5. The SMILES string of the molecule is CC(Oc1ccc(OC(F)(F)F)cc1)C1CCCCN1C(=O)OC(C)(C)C. The summed E-state index contributed by atoms with van der Waals surface area (Å²) in [4.78, 5) is 14.2. The molecule has 1 fully saturated rings. The van der Waals surface area contributed by atoms with E-state index >= 15 is 0 Å². The summed E-state index contributed by atoms with van der Waals surface area (Å²) >= 11 is 0. The van der Waals surface area contributed by atoms with Gasteiger partial charge in [-0.1, -0.05) is 0 Å². The van der Waals surface area contributed by atoms with Crippen molar-refractivity contribution in [3.8, 4) is 11.5 Å². The number of alkyl halides is 3. The number of carbonyl (C=O) groups excluding carboxylic acids is 1. The van der Waals surface area contributed by atoms with Crippen molar-refractivity contribution in [1.29, 1.82) is 0 Å². The summed E-state index contributed by atoms with van der Waals surface area (Å²) in [6.07, 6.45) is -2.81. The van der Waals surface area contributed by atoms with E-state index in [-0.39, 0.29) is 24.0 Å². The van der Waals surface area contributed by atoms with Crippen molar-refractivity contribution in [2.45, 2.75) is 71.1 Å². The molecule has 27 heavy (non-hydrogen) atoms. The summed E-state index contributed by atoms with van der Waals surface area (Å²) < 4.78 is 51.9. The Hall–Kier alpha value is -2.12. The second-order valence-electron chi connectivity index (χ2n) is 7.58. The molecule has 8 heteroatoms. The Morgan fingerprint density at radius 2 is 1.70 bits per heavy atom. The molecule has 1 heterocycles. The summed E-state index contributed by atoms with van der Waals surface area (Å²) in [5.74, 6) is 0.0993. The zero-order valence-electron chi connectivity index (χ0n) is 16.0. The zero-order chi connectivity index (χ0) is 20.2. The van der Waals surface area contributed by atoms with Crippen molar-refractivity contribution >= 4 is 6.09 Å². The smallest absolute Gasteiger partial charge is 0.489 e. The molecule has 2 rings (SSSR count). The normalized spacial score (nSPS) is 19.4. The molecule has 1 aliphatic rings. The molecule has 0 spiro atoms. The van der Waals surface area contributed by atoms with Gasteiger partial charge in [-0.05, 0) is 71.2 Å². The second-order valence-corrected chi connectivity index (χ2v) is 7.58. The van der Waals surface area contributed by atoms with Crippen molar-refractivity contribution in [3.05, 3.63) is 24.3 Å². The number of ether oxygens (including phenoxy) is 3. The first-order valence-corrected chi connectivity index (χ1v) is 8.97. The lowest BCUT2D eigenvalue weighted by molar-refractivity contribution is -0.274. The van der Waals surface area contributed by atoms with Crippen LogP contribution in [0.1, 0.15) is 47.0 Å². The average Bonchev–Trinajstić information content (AvgIpc) is 2.53. The zero-order valence-corrected chi connectivity index (χ0v) is 16.0. The highest BCUT2D eigenvalue weighted by Crippen LogP contribution is 2.28. The molecule has 1 aromatic carbocycles. The predicted molar refractivity (Wildman–Crippen MR) is 93.8 cm³/mol. The monoisotopic (exact) mass is 389 g/mol. The molecule has 152 valence electrons. The molecule has 1 aliphatic heterocycles. The van der Waals surface area contributed by atoms with Crippen LogP contribution in [0.15, 0.2) is 24.3 Å². The summed E-state index contributed by atoms with van der Waals surface area (Å²) in [6, 6.07) is 5.06. The summed E-state index contributed by atoms with van der Waals surface area (Å²) in [5.41, 5.74) is -0.586. The fourth-order valence-corrected chi connectivity index (χ4v) is 3.01. The van der Waals surface area contributed by atoms with Gasteiger partial charge in [0.25, 0.3) is 0 Å². The number of rotatable bonds is 4. The number of halogens is 3. The van der Waals surface area contributed by atoms with E-state index < -0.39 is 12.0 Å². The van der Waals surface area contributed by atoms with Crippen molar-refractivity contribution in [3.63, 3.8) is 0 Å². The fraction of sp³-hybridized carbons (Fsp3) is 0.632. The van der Waals surface area contributed by atoms with E-state index in [1.54, 1.807) is 4.90 Å². The third-order valence-corrected chi connectivity index (χ3v) is 4.10. The number of carbonyl (C=O) groups is 1. The van der Waals surface area contributed by atoms with Crippen LogP contribution in [0.2, 0.25) is 0 Å². The lowest BCUT2D eigenvalue weighted by atomic mass is 9.98. The maximum atomic E-state index is 12.5. The fourth-order valence-electron chi connectivity index (χ4n) is 3.01. The number of likely N-dealkylation sites (tertiary alicyclic amines) is 1. The highest BCUT2D eigenvalue weighted by atomic mass is 19.4. The molecule has 0 N–H and O–H groups in total. The van der Waals surface area contributed by atoms with E-state index in [1.807, 2.05) is 27.7 Å². The van der Waals surface area contributed by atoms with Crippen LogP contribution in [0.25, 0.3) is 0 Å². The minimum Gasteiger partial charge on any atom is -0.489 e. The molecule has 0 aromatic heterocycles. The molecule has 1 aromatic rings. The highest BCUT2D eigenvalue weighted by molar-refractivity contribution is 5.68. The van der Waals surface area contributed by atoms with E-state index in [0.717, 1.165) is 19.3 Å². The van der Waals surface area contributed by atoms with Gasteiger partial charge in [0.1, 0.15) is 23.2 Å². The first-order chi connectivity index (χ1) is 12.4. The first kappa shape index (κ1) is 21.2. The molecule has 0 bridgehead atoms. The number of benzene rings is 1. The first-order valence-electron chi connectivity index (χ1n) is 8.97. The summed E-state index contributed by atoms with van der Waals surface area (Å²) in [5, 5.41) is 0. The lowest BCUT2D eigenvalue weighted by Crippen LogP contribution is -2.51. The summed E-state index contributed by atoms with van der Waals surface area (Å²) in [7, 11) is 0. The molecule has 2 atom stereocenters. The van der Waals surface area contributed by atoms with E-state index in [0.29, 0.717) is 12.3 Å². The lowest BCUT2D eigenvalue weighted by Gasteiger charge is -2.39. The Bertz CT molecular complexity index is 625. The van der Waals surface area contributed by atoms with Gasteiger partial charge in [0.2, 0.25) is 0 Å². The molecule has 2 unspecified atom stereocenters. The van der Waals surface area contributed by atoms with Crippen LogP contribution in [0.4, 0.5) is 18.0 Å². The van der Waals surface area contributed by atoms with Gasteiger partial charge in [0.05, 0.1) is 6.04 Å². The topological polar surface area (TPSA) is 48.0 Å². The second kappa shape index (κ2) is 8.27. The third kappa shape index (κ3) is 6.84. The van der Waals surface area contributed by atoms with Crippen LogP contribution in [0.3, 0.4) is 0 Å². The largest absolute Gasteiger partial charge is 0.573 e. The molecule has 0 radical (unpaired) electrons. The van der Waals surface area contributed by atoms with Crippen molar-refractivity contribution in [2.75, 3.05) is 6.54 Å². The van der Waals surface area contributed by atoms with Crippen molar-refractivity contribution < 1.29 is 32.2 Å². The average molecular weight is 389 g/mol. The number of amides is 1. The van der Waals surface area contributed by atoms with Gasteiger partial charge in [-0.25, -0.2) is 4.79 Å². The molecule has 5 nitrogen and oxygen atoms in total. The van der Waals surface area contributed by atoms with Crippen LogP contribution in [0, 0.1) is 0 Å². The standard InChI is InChI=1S/C19H26F3NO4/c1-13(25-14-8-10-15(11-9-14)26-19(20,21)22)16-7-5-6-12-23(16)17(24)27-18(2,3)4/h8-11,13,16H,5-7,12H2,1-4H3. The van der Waals surface area contributed by atoms with E-state index in [2.05, 4.69) is 4.74 Å². The van der Waals surface area contributed by atoms with Gasteiger partial charge in [0, 0.05) is 6.54 Å². The quantitative estimate of drug-likeness (QED) is 0.715. The Balaban J connectivity index is 2.02. The number of nitrogens with zero attached hydrogens (tertiary/aromatic N) is 1. The van der Waals surface area contributed by atoms with Crippen LogP contribution >= 0.6 is 0 Å². The van der Waals surface area contributed by atoms with E-state index in [1.165, 1.54) is 24.3 Å². The Kier molecular flexibility index (Phi) is 6.49. The van der Waals surface area contributed by atoms with Gasteiger partial charge >= 0.3 is 12.5 Å². The van der Waals surface area contributed by atoms with Crippen molar-refractivity contribution in [2.24, 2.45) is 0 Å². The van der Waals surface area contributed by atoms with Crippen LogP contribution in [-0.2, 0) is 4.74 Å². The van der Waals surface area contributed by atoms with Gasteiger partial charge in [-0.15, -0.1) is 13.2 Å². The molecular weight excluding hydrogens is 363 g/mol. The molecule has 1 saturated heterocycles. The van der Waals surface area contributed by atoms with Crippen LogP contribution in [0.5, 0.6) is 11.5 Å². The van der Waals surface area contributed by atoms with Crippen LogP contribution < -0.4 is 9.47 Å². The van der Waals surface area contributed by atoms with Crippen molar-refractivity contribution in [1.82, 2.24) is 4.90 Å². The Morgan fingerprint density at radius 1 is 1.11 bits per heavy atom. The van der Waals surface area contributed by atoms with Gasteiger partial charge < -0.3 is 19.1 Å². The third-order valence-electron chi connectivity index (χ3n) is 4.10. The number of piperidine rings is 1. The molecular formula is C19H26F3NO4. The Morgan fingerprint density at radius 3 is 2.26 bits per heavy atom. The highest BCUT2D eigenvalue weighted by Gasteiger charge is 2.35. The van der Waals surface area contributed by atoms with Crippen LogP contribution in [-0.4, -0.2) is 41.6 Å². The maximum Gasteiger partial charge on any atom is 0.573 e. The minimum atomic E-state index is -4.73. The Labute approximate surface area is 157 Å². The summed E-state index contributed by atoms with van der Waals surface area (Å²) in [6.45, 7) is 7.87. The van der Waals surface area contributed by atoms with Gasteiger partial charge in [-0.2, -0.15) is 0 Å². The minimum absolute atomic E-state index is 0.167. The van der Waals surface area contributed by atoms with Gasteiger partial charge in [0.15, 0.2) is 0 Å². The molecule has 0 aliphatic carbocycles. The number of hydrogen-bond acceptors (Lipinski definition) is 4. The van der Waals surface area contributed by atoms with E-state index in [4.69, 9.17) is 9.47 Å². The predicted octanol–water partition coefficient (Wildman–Crippen LogP) is 5.14. The van der Waals surface area contributed by atoms with Gasteiger partial charge in [-0.3, -0.25) is 0 Å². The number of hydrogen-bond donors (Lipinski definition) is 0. The van der Waals surface area contributed by atoms with E-state index in [9.17, 15) is 18.0 Å². The molecule has 1 amide bonds. The molecule has 0 saturated carbocycles.